The maximum atomic E-state index is 6.05. The van der Waals surface area contributed by atoms with E-state index in [-0.39, 0.29) is 6.04 Å². The topological polar surface area (TPSA) is 41.8 Å². The minimum atomic E-state index is 0.0474. The molecular weight excluding hydrogens is 264 g/mol. The van der Waals surface area contributed by atoms with Crippen LogP contribution in [-0.4, -0.2) is 4.98 Å². The molecule has 0 spiro atoms. The Labute approximate surface area is 123 Å². The van der Waals surface area contributed by atoms with E-state index in [1.165, 1.54) is 31.8 Å². The highest BCUT2D eigenvalue weighted by atomic mass is 32.2. The van der Waals surface area contributed by atoms with Crippen molar-refractivity contribution in [1.82, 2.24) is 4.98 Å². The summed E-state index contributed by atoms with van der Waals surface area (Å²) in [5.41, 5.74) is 9.70. The molecule has 0 saturated heterocycles. The lowest BCUT2D eigenvalue weighted by Crippen LogP contribution is -2.05. The number of hydrogen-bond acceptors (Lipinski definition) is 2. The Morgan fingerprint density at radius 1 is 1.10 bits per heavy atom. The second-order valence-electron chi connectivity index (χ2n) is 5.13. The van der Waals surface area contributed by atoms with Gasteiger partial charge in [0.15, 0.2) is 0 Å². The maximum absolute atomic E-state index is 6.05. The molecule has 1 heterocycles. The van der Waals surface area contributed by atoms with Crippen LogP contribution in [0.15, 0.2) is 58.5 Å². The van der Waals surface area contributed by atoms with E-state index in [0.29, 0.717) is 0 Å². The van der Waals surface area contributed by atoms with Crippen LogP contribution < -0.4 is 5.73 Å². The van der Waals surface area contributed by atoms with Crippen molar-refractivity contribution in [2.24, 2.45) is 5.73 Å². The van der Waals surface area contributed by atoms with E-state index < -0.39 is 0 Å². The third-order valence-electron chi connectivity index (χ3n) is 3.43. The molecule has 1 aromatic heterocycles. The number of nitrogens with two attached hydrogens (primary N) is 1. The lowest BCUT2D eigenvalue weighted by molar-refractivity contribution is 0.797. The van der Waals surface area contributed by atoms with Gasteiger partial charge in [-0.05, 0) is 37.1 Å². The van der Waals surface area contributed by atoms with Gasteiger partial charge in [0.05, 0.1) is 0 Å². The lowest BCUT2D eigenvalue weighted by Gasteiger charge is -2.11. The summed E-state index contributed by atoms with van der Waals surface area (Å²) in [4.78, 5) is 5.82. The van der Waals surface area contributed by atoms with Crippen LogP contribution in [0, 0.1) is 6.92 Å². The molecule has 1 unspecified atom stereocenters. The van der Waals surface area contributed by atoms with Crippen LogP contribution in [-0.2, 0) is 0 Å². The van der Waals surface area contributed by atoms with Gasteiger partial charge in [0.1, 0.15) is 0 Å². The monoisotopic (exact) mass is 282 g/mol. The summed E-state index contributed by atoms with van der Waals surface area (Å²) < 4.78 is 0. The molecule has 2 aromatic carbocycles. The van der Waals surface area contributed by atoms with E-state index in [1.807, 2.05) is 13.0 Å². The van der Waals surface area contributed by atoms with E-state index >= 15 is 0 Å². The Morgan fingerprint density at radius 3 is 2.70 bits per heavy atom. The van der Waals surface area contributed by atoms with Crippen molar-refractivity contribution >= 4 is 22.7 Å². The Hall–Kier alpha value is -1.71. The fraction of sp³-hybridized carbons (Fsp3) is 0.176. The Morgan fingerprint density at radius 2 is 1.90 bits per heavy atom. The number of aromatic amines is 1. The van der Waals surface area contributed by atoms with Gasteiger partial charge >= 0.3 is 0 Å². The average molecular weight is 282 g/mol. The minimum Gasteiger partial charge on any atom is -0.360 e. The van der Waals surface area contributed by atoms with Crippen molar-refractivity contribution in [2.75, 3.05) is 0 Å². The molecule has 0 radical (unpaired) electrons. The predicted octanol–water partition coefficient (Wildman–Crippen LogP) is 4.65. The van der Waals surface area contributed by atoms with E-state index in [2.05, 4.69) is 54.5 Å². The first-order valence-electron chi connectivity index (χ1n) is 6.75. The summed E-state index contributed by atoms with van der Waals surface area (Å²) in [5.74, 6) is 0. The fourth-order valence-electron chi connectivity index (χ4n) is 2.37. The summed E-state index contributed by atoms with van der Waals surface area (Å²) in [6, 6.07) is 14.9. The number of fused-ring (bicyclic) bond motifs is 1. The molecule has 2 nitrogen and oxygen atoms in total. The third kappa shape index (κ3) is 2.47. The molecule has 0 aliphatic rings. The van der Waals surface area contributed by atoms with Crippen LogP contribution in [0.3, 0.4) is 0 Å². The first-order valence-corrected chi connectivity index (χ1v) is 7.57. The van der Waals surface area contributed by atoms with E-state index in [4.69, 9.17) is 5.73 Å². The SMILES string of the molecule is Cc1ccc2c(Sc3ccccc3C(C)N)c[nH]c2c1. The first-order chi connectivity index (χ1) is 9.65. The molecular formula is C17H18N2S. The van der Waals surface area contributed by atoms with Gasteiger partial charge in [0.2, 0.25) is 0 Å². The molecule has 0 aliphatic carbocycles. The second-order valence-corrected chi connectivity index (χ2v) is 6.21. The number of nitrogens with one attached hydrogen (secondary N) is 1. The average Bonchev–Trinajstić information content (AvgIpc) is 2.81. The summed E-state index contributed by atoms with van der Waals surface area (Å²) in [5, 5.41) is 1.26. The van der Waals surface area contributed by atoms with Gasteiger partial charge in [-0.25, -0.2) is 0 Å². The lowest BCUT2D eigenvalue weighted by atomic mass is 10.1. The summed E-state index contributed by atoms with van der Waals surface area (Å²) in [6.07, 6.45) is 2.08. The quantitative estimate of drug-likeness (QED) is 0.734. The van der Waals surface area contributed by atoms with E-state index in [1.54, 1.807) is 11.8 Å². The normalized spacial score (nSPS) is 12.8. The highest BCUT2D eigenvalue weighted by Gasteiger charge is 2.10. The third-order valence-corrected chi connectivity index (χ3v) is 4.58. The molecule has 0 amide bonds. The standard InChI is InChI=1S/C17H18N2S/c1-11-7-8-14-15(9-11)19-10-17(14)20-16-6-4-3-5-13(16)12(2)18/h3-10,12,19H,18H2,1-2H3. The van der Waals surface area contributed by atoms with Crippen LogP contribution in [0.2, 0.25) is 0 Å². The van der Waals surface area contributed by atoms with Crippen molar-refractivity contribution in [3.63, 3.8) is 0 Å². The molecule has 1 atom stereocenters. The van der Waals surface area contributed by atoms with Gasteiger partial charge in [-0.2, -0.15) is 0 Å². The summed E-state index contributed by atoms with van der Waals surface area (Å²) >= 11 is 1.77. The number of aromatic nitrogens is 1. The van der Waals surface area contributed by atoms with Crippen molar-refractivity contribution in [2.45, 2.75) is 29.7 Å². The number of rotatable bonds is 3. The zero-order valence-electron chi connectivity index (χ0n) is 11.7. The van der Waals surface area contributed by atoms with Crippen molar-refractivity contribution < 1.29 is 0 Å². The molecule has 102 valence electrons. The van der Waals surface area contributed by atoms with Crippen molar-refractivity contribution in [3.8, 4) is 0 Å². The van der Waals surface area contributed by atoms with Crippen LogP contribution in [0.4, 0.5) is 0 Å². The Balaban J connectivity index is 2.02. The van der Waals surface area contributed by atoms with Gasteiger partial charge in [-0.3, -0.25) is 0 Å². The molecule has 3 rings (SSSR count). The van der Waals surface area contributed by atoms with Gasteiger partial charge in [0.25, 0.3) is 0 Å². The van der Waals surface area contributed by atoms with Crippen LogP contribution in [0.1, 0.15) is 24.1 Å². The molecule has 20 heavy (non-hydrogen) atoms. The van der Waals surface area contributed by atoms with Crippen molar-refractivity contribution in [3.05, 3.63) is 59.8 Å². The van der Waals surface area contributed by atoms with Crippen molar-refractivity contribution in [1.29, 1.82) is 0 Å². The number of benzene rings is 2. The maximum Gasteiger partial charge on any atom is 0.0468 e. The number of hydrogen-bond donors (Lipinski definition) is 2. The molecule has 0 saturated carbocycles. The highest BCUT2D eigenvalue weighted by molar-refractivity contribution is 7.99. The largest absolute Gasteiger partial charge is 0.360 e. The molecule has 3 N–H and O–H groups in total. The van der Waals surface area contributed by atoms with E-state index in [0.717, 1.165) is 0 Å². The van der Waals surface area contributed by atoms with Crippen LogP contribution >= 0.6 is 11.8 Å². The van der Waals surface area contributed by atoms with Gasteiger partial charge in [-0.15, -0.1) is 0 Å². The molecule has 3 heteroatoms. The second kappa shape index (κ2) is 5.35. The smallest absolute Gasteiger partial charge is 0.0468 e. The zero-order chi connectivity index (χ0) is 14.1. The highest BCUT2D eigenvalue weighted by Crippen LogP contribution is 2.36. The predicted molar refractivity (Wildman–Crippen MR) is 86.2 cm³/mol. The Kier molecular flexibility index (Phi) is 3.55. The van der Waals surface area contributed by atoms with E-state index in [9.17, 15) is 0 Å². The molecule has 0 bridgehead atoms. The number of H-pyrrole nitrogens is 1. The first kappa shape index (κ1) is 13.3. The van der Waals surface area contributed by atoms with Gasteiger partial charge in [-0.1, -0.05) is 42.1 Å². The minimum absolute atomic E-state index is 0.0474. The summed E-state index contributed by atoms with van der Waals surface area (Å²) in [6.45, 7) is 4.14. The van der Waals surface area contributed by atoms with Crippen LogP contribution in [0.25, 0.3) is 10.9 Å². The number of aryl methyl sites for hydroxylation is 1. The molecule has 0 fully saturated rings. The zero-order valence-corrected chi connectivity index (χ0v) is 12.5. The summed E-state index contributed by atoms with van der Waals surface area (Å²) in [7, 11) is 0. The molecule has 3 aromatic rings. The van der Waals surface area contributed by atoms with Gasteiger partial charge in [0, 0.05) is 32.9 Å². The Bertz CT molecular complexity index is 744. The van der Waals surface area contributed by atoms with Gasteiger partial charge < -0.3 is 10.7 Å². The fourth-order valence-corrected chi connectivity index (χ4v) is 3.53. The molecule has 0 aliphatic heterocycles. The van der Waals surface area contributed by atoms with Crippen LogP contribution in [0.5, 0.6) is 0 Å².